The van der Waals surface area contributed by atoms with Crippen molar-refractivity contribution in [3.8, 4) is 6.07 Å². The average molecular weight is 221 g/mol. The predicted molar refractivity (Wildman–Crippen MR) is 61.4 cm³/mol. The number of aryl methyl sites for hydroxylation is 1. The number of hydrogen-bond donors (Lipinski definition) is 1. The molecular weight excluding hydrogens is 202 g/mol. The molecule has 0 aliphatic rings. The van der Waals surface area contributed by atoms with Crippen LogP contribution in [-0.4, -0.2) is 21.3 Å². The molecule has 1 heterocycles. The lowest BCUT2D eigenvalue weighted by molar-refractivity contribution is 0.428. The SMILES string of the molecule is CCn1cnnc1CNCCC(C)(C)C#N. The van der Waals surface area contributed by atoms with Crippen LogP contribution in [-0.2, 0) is 13.1 Å². The Morgan fingerprint density at radius 1 is 1.56 bits per heavy atom. The maximum absolute atomic E-state index is 8.86. The minimum Gasteiger partial charge on any atom is -0.317 e. The standard InChI is InChI=1S/C11H19N5/c1-4-16-9-14-15-10(16)7-13-6-5-11(2,3)8-12/h9,13H,4-7H2,1-3H3. The second-order valence-corrected chi connectivity index (χ2v) is 4.46. The first-order chi connectivity index (χ1) is 7.59. The second-order valence-electron chi connectivity index (χ2n) is 4.46. The lowest BCUT2D eigenvalue weighted by Crippen LogP contribution is -2.22. The van der Waals surface area contributed by atoms with Gasteiger partial charge in [-0.25, -0.2) is 0 Å². The zero-order valence-corrected chi connectivity index (χ0v) is 10.2. The highest BCUT2D eigenvalue weighted by molar-refractivity contribution is 4.92. The summed E-state index contributed by atoms with van der Waals surface area (Å²) in [5.41, 5.74) is -0.259. The van der Waals surface area contributed by atoms with Crippen LogP contribution in [0, 0.1) is 16.7 Å². The molecule has 0 spiro atoms. The van der Waals surface area contributed by atoms with Crippen molar-refractivity contribution in [1.82, 2.24) is 20.1 Å². The highest BCUT2D eigenvalue weighted by Crippen LogP contribution is 2.17. The molecule has 0 aliphatic carbocycles. The summed E-state index contributed by atoms with van der Waals surface area (Å²) in [7, 11) is 0. The van der Waals surface area contributed by atoms with E-state index < -0.39 is 0 Å². The van der Waals surface area contributed by atoms with Crippen molar-refractivity contribution < 1.29 is 0 Å². The molecule has 0 unspecified atom stereocenters. The van der Waals surface area contributed by atoms with Gasteiger partial charge in [0.25, 0.3) is 0 Å². The van der Waals surface area contributed by atoms with Gasteiger partial charge in [-0.3, -0.25) is 0 Å². The first kappa shape index (κ1) is 12.7. The highest BCUT2D eigenvalue weighted by atomic mass is 15.3. The van der Waals surface area contributed by atoms with Gasteiger partial charge < -0.3 is 9.88 Å². The van der Waals surface area contributed by atoms with Crippen LogP contribution in [0.5, 0.6) is 0 Å². The van der Waals surface area contributed by atoms with Crippen molar-refractivity contribution in [3.63, 3.8) is 0 Å². The fourth-order valence-electron chi connectivity index (χ4n) is 1.34. The van der Waals surface area contributed by atoms with E-state index in [0.717, 1.165) is 25.3 Å². The molecule has 0 saturated carbocycles. The van der Waals surface area contributed by atoms with Crippen molar-refractivity contribution in [2.45, 2.75) is 40.3 Å². The van der Waals surface area contributed by atoms with Crippen LogP contribution in [0.1, 0.15) is 33.0 Å². The highest BCUT2D eigenvalue weighted by Gasteiger charge is 2.15. The third-order valence-corrected chi connectivity index (χ3v) is 2.55. The Morgan fingerprint density at radius 3 is 2.94 bits per heavy atom. The van der Waals surface area contributed by atoms with E-state index in [2.05, 4.69) is 28.5 Å². The molecule has 0 aliphatic heterocycles. The number of nitrogens with one attached hydrogen (secondary N) is 1. The van der Waals surface area contributed by atoms with Gasteiger partial charge in [0.1, 0.15) is 12.2 Å². The molecule has 1 rings (SSSR count). The Hall–Kier alpha value is -1.41. The zero-order valence-electron chi connectivity index (χ0n) is 10.2. The second kappa shape index (κ2) is 5.61. The smallest absolute Gasteiger partial charge is 0.146 e. The maximum Gasteiger partial charge on any atom is 0.146 e. The third kappa shape index (κ3) is 3.63. The van der Waals surface area contributed by atoms with E-state index in [9.17, 15) is 0 Å². The fraction of sp³-hybridized carbons (Fsp3) is 0.727. The molecule has 1 aromatic heterocycles. The van der Waals surface area contributed by atoms with Gasteiger partial charge in [-0.05, 0) is 33.7 Å². The largest absolute Gasteiger partial charge is 0.317 e. The van der Waals surface area contributed by atoms with Crippen LogP contribution in [0.4, 0.5) is 0 Å². The molecule has 0 atom stereocenters. The van der Waals surface area contributed by atoms with Crippen molar-refractivity contribution in [3.05, 3.63) is 12.2 Å². The lowest BCUT2D eigenvalue weighted by Gasteiger charge is -2.14. The molecule has 1 aromatic rings. The molecule has 5 heteroatoms. The topological polar surface area (TPSA) is 66.5 Å². The minimum absolute atomic E-state index is 0.259. The Kier molecular flexibility index (Phi) is 4.44. The van der Waals surface area contributed by atoms with Crippen molar-refractivity contribution in [2.24, 2.45) is 5.41 Å². The van der Waals surface area contributed by atoms with E-state index in [-0.39, 0.29) is 5.41 Å². The molecule has 0 saturated heterocycles. The van der Waals surface area contributed by atoms with Crippen LogP contribution in [0.25, 0.3) is 0 Å². The van der Waals surface area contributed by atoms with Gasteiger partial charge >= 0.3 is 0 Å². The van der Waals surface area contributed by atoms with Crippen molar-refractivity contribution in [1.29, 1.82) is 5.26 Å². The summed E-state index contributed by atoms with van der Waals surface area (Å²) < 4.78 is 2.00. The Morgan fingerprint density at radius 2 is 2.31 bits per heavy atom. The summed E-state index contributed by atoms with van der Waals surface area (Å²) in [5.74, 6) is 0.942. The summed E-state index contributed by atoms with van der Waals surface area (Å²) in [5, 5.41) is 20.0. The molecule has 0 aromatic carbocycles. The summed E-state index contributed by atoms with van der Waals surface area (Å²) in [6.07, 6.45) is 2.57. The quantitative estimate of drug-likeness (QED) is 0.736. The van der Waals surface area contributed by atoms with Gasteiger partial charge in [0.15, 0.2) is 0 Å². The van der Waals surface area contributed by atoms with Crippen LogP contribution < -0.4 is 5.32 Å². The number of nitriles is 1. The molecule has 0 amide bonds. The molecule has 0 radical (unpaired) electrons. The van der Waals surface area contributed by atoms with Crippen LogP contribution in [0.2, 0.25) is 0 Å². The minimum atomic E-state index is -0.259. The third-order valence-electron chi connectivity index (χ3n) is 2.55. The first-order valence-electron chi connectivity index (χ1n) is 5.57. The zero-order chi connectivity index (χ0) is 12.0. The number of aromatic nitrogens is 3. The van der Waals surface area contributed by atoms with Gasteiger partial charge in [-0.2, -0.15) is 5.26 Å². The number of hydrogen-bond acceptors (Lipinski definition) is 4. The fourth-order valence-corrected chi connectivity index (χ4v) is 1.34. The van der Waals surface area contributed by atoms with Crippen LogP contribution in [0.15, 0.2) is 6.33 Å². The lowest BCUT2D eigenvalue weighted by atomic mass is 9.91. The maximum atomic E-state index is 8.86. The Balaban J connectivity index is 2.29. The molecule has 88 valence electrons. The molecular formula is C11H19N5. The van der Waals surface area contributed by atoms with Gasteiger partial charge in [0.2, 0.25) is 0 Å². The van der Waals surface area contributed by atoms with Crippen molar-refractivity contribution >= 4 is 0 Å². The van der Waals surface area contributed by atoms with Gasteiger partial charge in [-0.1, -0.05) is 0 Å². The number of rotatable bonds is 6. The molecule has 16 heavy (non-hydrogen) atoms. The van der Waals surface area contributed by atoms with E-state index in [1.807, 2.05) is 18.4 Å². The van der Waals surface area contributed by atoms with Gasteiger partial charge in [0, 0.05) is 6.54 Å². The molecule has 5 nitrogen and oxygen atoms in total. The van der Waals surface area contributed by atoms with E-state index >= 15 is 0 Å². The molecule has 0 bridgehead atoms. The van der Waals surface area contributed by atoms with E-state index in [4.69, 9.17) is 5.26 Å². The first-order valence-corrected chi connectivity index (χ1v) is 5.57. The summed E-state index contributed by atoms with van der Waals surface area (Å²) in [6, 6.07) is 2.28. The van der Waals surface area contributed by atoms with Gasteiger partial charge in [0.05, 0.1) is 18.0 Å². The van der Waals surface area contributed by atoms with E-state index in [1.54, 1.807) is 6.33 Å². The van der Waals surface area contributed by atoms with Crippen LogP contribution >= 0.6 is 0 Å². The Bertz CT molecular complexity index is 361. The van der Waals surface area contributed by atoms with Gasteiger partial charge in [-0.15, -0.1) is 10.2 Å². The average Bonchev–Trinajstić information content (AvgIpc) is 2.72. The Labute approximate surface area is 96.5 Å². The normalized spacial score (nSPS) is 11.4. The van der Waals surface area contributed by atoms with E-state index in [0.29, 0.717) is 6.54 Å². The monoisotopic (exact) mass is 221 g/mol. The predicted octanol–water partition coefficient (Wildman–Crippen LogP) is 1.33. The summed E-state index contributed by atoms with van der Waals surface area (Å²) >= 11 is 0. The van der Waals surface area contributed by atoms with E-state index in [1.165, 1.54) is 0 Å². The summed E-state index contributed by atoms with van der Waals surface area (Å²) in [4.78, 5) is 0. The number of nitrogens with zero attached hydrogens (tertiary/aromatic N) is 4. The molecule has 1 N–H and O–H groups in total. The van der Waals surface area contributed by atoms with Crippen LogP contribution in [0.3, 0.4) is 0 Å². The molecule has 0 fully saturated rings. The van der Waals surface area contributed by atoms with Crippen molar-refractivity contribution in [2.75, 3.05) is 6.54 Å². The summed E-state index contributed by atoms with van der Waals surface area (Å²) in [6.45, 7) is 8.36.